The Labute approximate surface area is 225 Å². The predicted octanol–water partition coefficient (Wildman–Crippen LogP) is 6.43. The Morgan fingerprint density at radius 1 is 0.973 bits per heavy atom. The van der Waals surface area contributed by atoms with Crippen LogP contribution in [0.1, 0.15) is 81.8 Å². The lowest BCUT2D eigenvalue weighted by atomic mass is 9.92. The molecule has 0 spiro atoms. The van der Waals surface area contributed by atoms with Gasteiger partial charge in [0.25, 0.3) is 0 Å². The molecule has 0 fully saturated rings. The number of urea groups is 1. The van der Waals surface area contributed by atoms with Crippen molar-refractivity contribution in [1.29, 1.82) is 0 Å². The highest BCUT2D eigenvalue weighted by molar-refractivity contribution is 7.87. The number of hydrogen-bond donors (Lipinski definition) is 2. The van der Waals surface area contributed by atoms with Crippen molar-refractivity contribution in [2.75, 3.05) is 5.32 Å². The summed E-state index contributed by atoms with van der Waals surface area (Å²) in [5, 5.41) is 7.85. The Morgan fingerprint density at radius 3 is 2.08 bits per heavy atom. The van der Waals surface area contributed by atoms with E-state index in [2.05, 4.69) is 15.1 Å². The summed E-state index contributed by atoms with van der Waals surface area (Å²) in [5.74, 6) is 0.127. The monoisotopic (exact) mass is 545 g/mol. The minimum absolute atomic E-state index is 0.00661. The molecule has 2 aromatic carbocycles. The molecule has 1 heterocycles. The lowest BCUT2D eigenvalue weighted by molar-refractivity contribution is 0.255. The standard InChI is InChI=1S/C27H36ClN5O3S/c1-18(2)24-14-22(28)15-25(19(3)4)26(24)29-27(34)31-37(35,36)32(16-21-10-8-7-9-11-21)17-23-12-13-33(30-23)20(5)6/h7-15,18-20H,16-17H2,1-6H3,(H2,29,31,34). The van der Waals surface area contributed by atoms with Gasteiger partial charge in [0.05, 0.1) is 12.2 Å². The van der Waals surface area contributed by atoms with Gasteiger partial charge in [0.2, 0.25) is 0 Å². The molecule has 0 aliphatic rings. The number of amides is 2. The number of nitrogens with zero attached hydrogens (tertiary/aromatic N) is 3. The van der Waals surface area contributed by atoms with Crippen LogP contribution >= 0.6 is 11.6 Å². The summed E-state index contributed by atoms with van der Waals surface area (Å²) in [7, 11) is -4.23. The molecule has 8 nitrogen and oxygen atoms in total. The van der Waals surface area contributed by atoms with Crippen molar-refractivity contribution in [2.24, 2.45) is 0 Å². The van der Waals surface area contributed by atoms with Crippen molar-refractivity contribution in [3.63, 3.8) is 0 Å². The molecule has 3 aromatic rings. The maximum Gasteiger partial charge on any atom is 0.333 e. The Kier molecular flexibility index (Phi) is 9.39. The molecule has 0 atom stereocenters. The molecule has 0 aliphatic carbocycles. The molecular formula is C27H36ClN5O3S. The van der Waals surface area contributed by atoms with E-state index in [-0.39, 0.29) is 31.0 Å². The van der Waals surface area contributed by atoms with E-state index in [4.69, 9.17) is 11.6 Å². The largest absolute Gasteiger partial charge is 0.333 e. The van der Waals surface area contributed by atoms with Crippen LogP contribution in [0.5, 0.6) is 0 Å². The Balaban J connectivity index is 1.89. The second kappa shape index (κ2) is 12.1. The van der Waals surface area contributed by atoms with E-state index in [0.717, 1.165) is 16.7 Å². The van der Waals surface area contributed by atoms with Gasteiger partial charge in [-0.3, -0.25) is 4.68 Å². The van der Waals surface area contributed by atoms with Crippen molar-refractivity contribution < 1.29 is 13.2 Å². The molecule has 0 saturated carbocycles. The molecule has 200 valence electrons. The maximum absolute atomic E-state index is 13.5. The summed E-state index contributed by atoms with van der Waals surface area (Å²) in [6, 6.07) is 13.9. The van der Waals surface area contributed by atoms with Crippen molar-refractivity contribution >= 4 is 33.5 Å². The fourth-order valence-corrected chi connectivity index (χ4v) is 5.24. The number of nitrogens with one attached hydrogen (secondary N) is 2. The molecule has 0 unspecified atom stereocenters. The Morgan fingerprint density at radius 2 is 1.57 bits per heavy atom. The molecule has 37 heavy (non-hydrogen) atoms. The van der Waals surface area contributed by atoms with E-state index in [1.165, 1.54) is 4.31 Å². The Hall–Kier alpha value is -2.88. The summed E-state index contributed by atoms with van der Waals surface area (Å²) < 4.78 is 32.1. The van der Waals surface area contributed by atoms with Crippen LogP contribution in [0, 0.1) is 0 Å². The normalized spacial score (nSPS) is 12.1. The average Bonchev–Trinajstić information content (AvgIpc) is 3.28. The van der Waals surface area contributed by atoms with Gasteiger partial charge in [0, 0.05) is 29.5 Å². The quantitative estimate of drug-likeness (QED) is 0.306. The predicted molar refractivity (Wildman–Crippen MR) is 149 cm³/mol. The lowest BCUT2D eigenvalue weighted by Crippen LogP contribution is -2.44. The van der Waals surface area contributed by atoms with Crippen molar-refractivity contribution in [1.82, 2.24) is 18.8 Å². The third kappa shape index (κ3) is 7.56. The van der Waals surface area contributed by atoms with E-state index in [1.54, 1.807) is 22.9 Å². The molecule has 0 aliphatic heterocycles. The first kappa shape index (κ1) is 28.7. The first-order valence-electron chi connectivity index (χ1n) is 12.4. The minimum Gasteiger partial charge on any atom is -0.307 e. The van der Waals surface area contributed by atoms with E-state index < -0.39 is 16.2 Å². The number of rotatable bonds is 10. The van der Waals surface area contributed by atoms with Crippen LogP contribution in [-0.4, -0.2) is 28.5 Å². The Bertz CT molecular complexity index is 1290. The second-order valence-electron chi connectivity index (χ2n) is 9.96. The number of aromatic nitrogens is 2. The summed E-state index contributed by atoms with van der Waals surface area (Å²) >= 11 is 6.33. The molecular weight excluding hydrogens is 510 g/mol. The van der Waals surface area contributed by atoms with Gasteiger partial charge in [0.1, 0.15) is 0 Å². The van der Waals surface area contributed by atoms with Gasteiger partial charge in [-0.2, -0.15) is 17.8 Å². The highest BCUT2D eigenvalue weighted by Crippen LogP contribution is 2.35. The third-order valence-electron chi connectivity index (χ3n) is 5.94. The van der Waals surface area contributed by atoms with Gasteiger partial charge in [-0.1, -0.05) is 69.6 Å². The van der Waals surface area contributed by atoms with Crippen LogP contribution in [-0.2, 0) is 23.3 Å². The topological polar surface area (TPSA) is 96.3 Å². The van der Waals surface area contributed by atoms with Gasteiger partial charge in [-0.05, 0) is 60.6 Å². The summed E-state index contributed by atoms with van der Waals surface area (Å²) in [6.07, 6.45) is 1.81. The molecule has 0 radical (unpaired) electrons. The highest BCUT2D eigenvalue weighted by Gasteiger charge is 2.27. The zero-order chi connectivity index (χ0) is 27.3. The van der Waals surface area contributed by atoms with Gasteiger partial charge >= 0.3 is 16.2 Å². The van der Waals surface area contributed by atoms with Crippen LogP contribution in [0.3, 0.4) is 0 Å². The van der Waals surface area contributed by atoms with E-state index >= 15 is 0 Å². The highest BCUT2D eigenvalue weighted by atomic mass is 35.5. The van der Waals surface area contributed by atoms with Gasteiger partial charge in [0.15, 0.2) is 0 Å². The number of benzene rings is 2. The SMILES string of the molecule is CC(C)c1cc(Cl)cc(C(C)C)c1NC(=O)NS(=O)(=O)N(Cc1ccccc1)Cc1ccn(C(C)C)n1. The number of carbonyl (C=O) groups is 1. The lowest BCUT2D eigenvalue weighted by Gasteiger charge is -2.24. The molecule has 2 N–H and O–H groups in total. The zero-order valence-electron chi connectivity index (χ0n) is 22.2. The second-order valence-corrected chi connectivity index (χ2v) is 12.1. The maximum atomic E-state index is 13.5. The third-order valence-corrected chi connectivity index (χ3v) is 7.54. The fraction of sp³-hybridized carbons (Fsp3) is 0.407. The van der Waals surface area contributed by atoms with Crippen LogP contribution < -0.4 is 10.0 Å². The summed E-state index contributed by atoms with van der Waals surface area (Å²) in [6.45, 7) is 12.0. The number of carbonyl (C=O) groups excluding carboxylic acids is 1. The molecule has 2 amide bonds. The van der Waals surface area contributed by atoms with Crippen LogP contribution in [0.2, 0.25) is 5.02 Å². The minimum atomic E-state index is -4.23. The number of hydrogen-bond acceptors (Lipinski definition) is 4. The van der Waals surface area contributed by atoms with Crippen LogP contribution in [0.25, 0.3) is 0 Å². The first-order valence-corrected chi connectivity index (χ1v) is 14.2. The fourth-order valence-electron chi connectivity index (χ4n) is 3.97. The number of halogens is 1. The molecule has 10 heteroatoms. The zero-order valence-corrected chi connectivity index (χ0v) is 23.8. The van der Waals surface area contributed by atoms with Crippen molar-refractivity contribution in [3.05, 3.63) is 82.1 Å². The molecule has 0 saturated heterocycles. The van der Waals surface area contributed by atoms with Crippen LogP contribution in [0.4, 0.5) is 10.5 Å². The summed E-state index contributed by atoms with van der Waals surface area (Å²) in [5.41, 5.74) is 3.62. The number of anilines is 1. The molecule has 3 rings (SSSR count). The summed E-state index contributed by atoms with van der Waals surface area (Å²) in [4.78, 5) is 13.1. The molecule has 1 aromatic heterocycles. The van der Waals surface area contributed by atoms with Gasteiger partial charge in [-0.25, -0.2) is 9.52 Å². The van der Waals surface area contributed by atoms with E-state index in [9.17, 15) is 13.2 Å². The smallest absolute Gasteiger partial charge is 0.307 e. The van der Waals surface area contributed by atoms with E-state index in [0.29, 0.717) is 16.4 Å². The van der Waals surface area contributed by atoms with Crippen LogP contribution in [0.15, 0.2) is 54.7 Å². The molecule has 0 bridgehead atoms. The van der Waals surface area contributed by atoms with Crippen molar-refractivity contribution in [2.45, 2.75) is 72.5 Å². The first-order chi connectivity index (χ1) is 17.4. The van der Waals surface area contributed by atoms with Gasteiger partial charge < -0.3 is 5.32 Å². The van der Waals surface area contributed by atoms with Gasteiger partial charge in [-0.15, -0.1) is 0 Å². The average molecular weight is 546 g/mol. The van der Waals surface area contributed by atoms with Crippen molar-refractivity contribution in [3.8, 4) is 0 Å². The van der Waals surface area contributed by atoms with E-state index in [1.807, 2.05) is 78.1 Å².